The molecule has 1 aliphatic rings. The monoisotopic (exact) mass is 509 g/mol. The third-order valence-corrected chi connectivity index (χ3v) is 6.56. The van der Waals surface area contributed by atoms with Crippen molar-refractivity contribution in [3.8, 4) is 17.2 Å². The summed E-state index contributed by atoms with van der Waals surface area (Å²) < 4.78 is 38.7. The first-order valence-electron chi connectivity index (χ1n) is 12.0. The molecule has 2 bridgehead atoms. The number of rotatable bonds is 16. The van der Waals surface area contributed by atoms with Gasteiger partial charge >= 0.3 is 10.4 Å². The first kappa shape index (κ1) is 27.2. The first-order chi connectivity index (χ1) is 16.9. The van der Waals surface area contributed by atoms with Crippen LogP contribution in [0.3, 0.4) is 0 Å². The third kappa shape index (κ3) is 8.36. The Bertz CT molecular complexity index is 1030. The molecule has 0 fully saturated rings. The molecule has 0 aliphatic carbocycles. The van der Waals surface area contributed by atoms with Gasteiger partial charge in [0.2, 0.25) is 0 Å². The summed E-state index contributed by atoms with van der Waals surface area (Å²) in [7, 11) is -4.36. The minimum Gasteiger partial charge on any atom is -0.507 e. The fraction of sp³-hybridized carbons (Fsp3) is 0.520. The first-order valence-corrected chi connectivity index (χ1v) is 13.4. The lowest BCUT2D eigenvalue weighted by Crippen LogP contribution is -2.28. The van der Waals surface area contributed by atoms with E-state index in [-0.39, 0.29) is 34.9 Å². The molecule has 4 N–H and O–H groups in total. The SMILES string of the molecule is O=S1(=O)Oc2cc(O)c(CO)c(c2C(O)CNCCCCCCOCCCCc2ccccc2)O1. The minimum atomic E-state index is -4.36. The van der Waals surface area contributed by atoms with Gasteiger partial charge in [0.15, 0.2) is 11.5 Å². The van der Waals surface area contributed by atoms with Crippen LogP contribution in [0.25, 0.3) is 0 Å². The summed E-state index contributed by atoms with van der Waals surface area (Å²) in [6.07, 6.45) is 6.14. The lowest BCUT2D eigenvalue weighted by atomic mass is 10.0. The highest BCUT2D eigenvalue weighted by Crippen LogP contribution is 2.46. The van der Waals surface area contributed by atoms with Gasteiger partial charge in [0.1, 0.15) is 5.75 Å². The van der Waals surface area contributed by atoms with E-state index < -0.39 is 23.1 Å². The lowest BCUT2D eigenvalue weighted by Gasteiger charge is -2.25. The minimum absolute atomic E-state index is 0.0788. The van der Waals surface area contributed by atoms with Crippen molar-refractivity contribution in [3.05, 3.63) is 53.1 Å². The van der Waals surface area contributed by atoms with E-state index in [1.807, 2.05) is 6.07 Å². The fourth-order valence-electron chi connectivity index (χ4n) is 3.97. The van der Waals surface area contributed by atoms with Crippen molar-refractivity contribution in [2.75, 3.05) is 26.3 Å². The topological polar surface area (TPSA) is 135 Å². The van der Waals surface area contributed by atoms with Crippen molar-refractivity contribution in [3.63, 3.8) is 0 Å². The molecule has 0 radical (unpaired) electrons. The van der Waals surface area contributed by atoms with Crippen molar-refractivity contribution in [2.45, 2.75) is 57.7 Å². The second-order valence-electron chi connectivity index (χ2n) is 8.54. The number of nitrogens with one attached hydrogen (secondary N) is 1. The largest absolute Gasteiger partial charge is 0.507 e. The Labute approximate surface area is 207 Å². The molecule has 1 unspecified atom stereocenters. The Morgan fingerprint density at radius 1 is 0.971 bits per heavy atom. The molecule has 0 spiro atoms. The smallest absolute Gasteiger partial charge is 0.501 e. The molecule has 0 aromatic heterocycles. The number of phenols is 1. The molecule has 1 aliphatic heterocycles. The number of ether oxygens (including phenoxy) is 1. The molecule has 1 atom stereocenters. The Morgan fingerprint density at radius 2 is 1.69 bits per heavy atom. The van der Waals surface area contributed by atoms with Gasteiger partial charge in [-0.1, -0.05) is 43.2 Å². The second-order valence-corrected chi connectivity index (χ2v) is 9.69. The average Bonchev–Trinajstić information content (AvgIpc) is 2.81. The van der Waals surface area contributed by atoms with Crippen LogP contribution in [0, 0.1) is 0 Å². The Kier molecular flexibility index (Phi) is 10.6. The average molecular weight is 510 g/mol. The summed E-state index contributed by atoms with van der Waals surface area (Å²) in [5.41, 5.74) is 1.33. The molecule has 10 heteroatoms. The van der Waals surface area contributed by atoms with Crippen LogP contribution in [0.15, 0.2) is 36.4 Å². The van der Waals surface area contributed by atoms with Crippen LogP contribution in [0.2, 0.25) is 0 Å². The summed E-state index contributed by atoms with van der Waals surface area (Å²) in [5.74, 6) is -0.870. The van der Waals surface area contributed by atoms with E-state index in [9.17, 15) is 23.7 Å². The van der Waals surface area contributed by atoms with Gasteiger partial charge in [-0.25, -0.2) is 0 Å². The standard InChI is InChI=1S/C25H35NO8S/c27-18-20-21(28)16-23-24(25(20)34-35(30,31)33-23)22(29)17-26-13-7-1-2-8-14-32-15-9-6-12-19-10-4-3-5-11-19/h3-5,10-11,16,22,26-29H,1-2,6-9,12-15,17-18H2. The van der Waals surface area contributed by atoms with E-state index in [1.54, 1.807) is 0 Å². The van der Waals surface area contributed by atoms with Gasteiger partial charge in [0, 0.05) is 25.8 Å². The normalized spacial score (nSPS) is 14.8. The van der Waals surface area contributed by atoms with Crippen LogP contribution >= 0.6 is 0 Å². The Hall–Kier alpha value is -2.37. The van der Waals surface area contributed by atoms with E-state index in [0.717, 1.165) is 64.2 Å². The number of hydrogen-bond acceptors (Lipinski definition) is 9. The van der Waals surface area contributed by atoms with Crippen LogP contribution in [-0.4, -0.2) is 50.0 Å². The maximum Gasteiger partial charge on any atom is 0.501 e. The van der Waals surface area contributed by atoms with Gasteiger partial charge in [-0.3, -0.25) is 0 Å². The highest BCUT2D eigenvalue weighted by molar-refractivity contribution is 7.82. The van der Waals surface area contributed by atoms with Crippen LogP contribution in [0.4, 0.5) is 0 Å². The van der Waals surface area contributed by atoms with Crippen LogP contribution in [0.5, 0.6) is 17.2 Å². The zero-order valence-electron chi connectivity index (χ0n) is 19.8. The lowest BCUT2D eigenvalue weighted by molar-refractivity contribution is 0.126. The van der Waals surface area contributed by atoms with E-state index in [0.29, 0.717) is 6.54 Å². The van der Waals surface area contributed by atoms with Crippen molar-refractivity contribution in [2.24, 2.45) is 0 Å². The molecular weight excluding hydrogens is 474 g/mol. The highest BCUT2D eigenvalue weighted by Gasteiger charge is 2.35. The third-order valence-electron chi connectivity index (χ3n) is 5.81. The van der Waals surface area contributed by atoms with E-state index in [4.69, 9.17) is 13.1 Å². The predicted molar refractivity (Wildman–Crippen MR) is 131 cm³/mol. The quantitative estimate of drug-likeness (QED) is 0.252. The van der Waals surface area contributed by atoms with Crippen molar-refractivity contribution in [1.82, 2.24) is 5.32 Å². The number of aliphatic hydroxyl groups excluding tert-OH is 2. The van der Waals surface area contributed by atoms with Crippen LogP contribution in [0.1, 0.15) is 61.3 Å². The molecule has 3 rings (SSSR count). The van der Waals surface area contributed by atoms with Gasteiger partial charge < -0.3 is 33.7 Å². The molecule has 35 heavy (non-hydrogen) atoms. The zero-order valence-corrected chi connectivity index (χ0v) is 20.6. The number of benzene rings is 2. The number of unbranched alkanes of at least 4 members (excludes halogenated alkanes) is 4. The van der Waals surface area contributed by atoms with Gasteiger partial charge in [-0.05, 0) is 44.2 Å². The van der Waals surface area contributed by atoms with Crippen molar-refractivity contribution >= 4 is 10.4 Å². The number of hydrogen-bond donors (Lipinski definition) is 4. The molecule has 0 saturated carbocycles. The number of aryl methyl sites for hydroxylation is 1. The van der Waals surface area contributed by atoms with Gasteiger partial charge in [0.05, 0.1) is 23.8 Å². The summed E-state index contributed by atoms with van der Waals surface area (Å²) in [6.45, 7) is 1.71. The Morgan fingerprint density at radius 3 is 2.43 bits per heavy atom. The molecule has 194 valence electrons. The van der Waals surface area contributed by atoms with Gasteiger partial charge in [-0.15, -0.1) is 8.42 Å². The molecular formula is C25H35NO8S. The van der Waals surface area contributed by atoms with E-state index in [1.165, 1.54) is 5.56 Å². The Balaban J connectivity index is 1.25. The molecule has 0 saturated heterocycles. The zero-order chi connectivity index (χ0) is 25.1. The summed E-state index contributed by atoms with van der Waals surface area (Å²) in [5, 5.41) is 33.1. The van der Waals surface area contributed by atoms with Crippen LogP contribution in [-0.2, 0) is 28.2 Å². The summed E-state index contributed by atoms with van der Waals surface area (Å²) >= 11 is 0. The number of aliphatic hydroxyl groups is 2. The fourth-order valence-corrected chi connectivity index (χ4v) is 4.76. The van der Waals surface area contributed by atoms with Gasteiger partial charge in [0.25, 0.3) is 0 Å². The number of fused-ring (bicyclic) bond motifs is 2. The summed E-state index contributed by atoms with van der Waals surface area (Å²) in [6, 6.07) is 11.5. The summed E-state index contributed by atoms with van der Waals surface area (Å²) in [4.78, 5) is 0. The molecule has 1 heterocycles. The highest BCUT2D eigenvalue weighted by atomic mass is 32.3. The predicted octanol–water partition coefficient (Wildman–Crippen LogP) is 3.12. The van der Waals surface area contributed by atoms with E-state index in [2.05, 4.69) is 29.6 Å². The molecule has 2 aromatic carbocycles. The van der Waals surface area contributed by atoms with Crippen molar-refractivity contribution in [1.29, 1.82) is 0 Å². The van der Waals surface area contributed by atoms with Crippen molar-refractivity contribution < 1.29 is 36.8 Å². The molecule has 0 amide bonds. The number of aromatic hydroxyl groups is 1. The molecule has 9 nitrogen and oxygen atoms in total. The maximum atomic E-state index is 11.7. The van der Waals surface area contributed by atoms with E-state index >= 15 is 0 Å². The van der Waals surface area contributed by atoms with Crippen LogP contribution < -0.4 is 13.7 Å². The molecule has 2 aromatic rings. The van der Waals surface area contributed by atoms with Gasteiger partial charge in [-0.2, -0.15) is 0 Å². The second kappa shape index (κ2) is 13.6. The maximum absolute atomic E-state index is 11.7.